The third-order valence-electron chi connectivity index (χ3n) is 5.59. The third-order valence-corrected chi connectivity index (χ3v) is 5.59. The number of methoxy groups -OCH3 is 1. The summed E-state index contributed by atoms with van der Waals surface area (Å²) in [5.74, 6) is 0.645. The first-order chi connectivity index (χ1) is 13.7. The van der Waals surface area contributed by atoms with Gasteiger partial charge in [-0.05, 0) is 66.7 Å². The summed E-state index contributed by atoms with van der Waals surface area (Å²) < 4.78 is 10.9. The van der Waals surface area contributed by atoms with E-state index in [1.54, 1.807) is 0 Å². The Morgan fingerprint density at radius 2 is 1.96 bits per heavy atom. The number of likely N-dealkylation sites (tertiary alicyclic amines) is 1. The summed E-state index contributed by atoms with van der Waals surface area (Å²) in [6, 6.07) is 14.4. The van der Waals surface area contributed by atoms with Gasteiger partial charge < -0.3 is 14.4 Å². The molecule has 146 valence electrons. The molecule has 1 saturated heterocycles. The Bertz CT molecular complexity index is 881. The maximum atomic E-state index is 11.7. The minimum absolute atomic E-state index is 0.227. The molecule has 0 unspecified atom stereocenters. The number of benzene rings is 2. The Morgan fingerprint density at radius 1 is 1.14 bits per heavy atom. The number of carbonyl (C=O) groups is 1. The quantitative estimate of drug-likeness (QED) is 0.732. The van der Waals surface area contributed by atoms with Gasteiger partial charge in [0.15, 0.2) is 0 Å². The maximum Gasteiger partial charge on any atom is 0.309 e. The van der Waals surface area contributed by atoms with Crippen molar-refractivity contribution >= 4 is 11.5 Å². The van der Waals surface area contributed by atoms with Gasteiger partial charge in [-0.25, -0.2) is 0 Å². The van der Waals surface area contributed by atoms with Crippen LogP contribution in [-0.2, 0) is 22.6 Å². The minimum Gasteiger partial charge on any atom is -0.488 e. The Kier molecular flexibility index (Phi) is 5.77. The molecule has 2 aliphatic rings. The van der Waals surface area contributed by atoms with Crippen LogP contribution in [0.4, 0.5) is 0 Å². The lowest BCUT2D eigenvalue weighted by Crippen LogP contribution is -2.19. The van der Waals surface area contributed by atoms with Crippen molar-refractivity contribution in [1.82, 2.24) is 4.90 Å². The molecule has 2 aromatic rings. The summed E-state index contributed by atoms with van der Waals surface area (Å²) in [7, 11) is 1.43. The molecular formula is C24H27NO3. The van der Waals surface area contributed by atoms with Gasteiger partial charge in [0.2, 0.25) is 0 Å². The second-order valence-electron chi connectivity index (χ2n) is 7.48. The topological polar surface area (TPSA) is 38.8 Å². The molecule has 0 bridgehead atoms. The monoisotopic (exact) mass is 377 g/mol. The first-order valence-electron chi connectivity index (χ1n) is 10.1. The lowest BCUT2D eigenvalue weighted by atomic mass is 9.92. The average Bonchev–Trinajstić information content (AvgIpc) is 3.19. The molecule has 0 amide bonds. The van der Waals surface area contributed by atoms with Gasteiger partial charge in [-0.2, -0.15) is 0 Å². The second kappa shape index (κ2) is 8.61. The Labute approximate surface area is 166 Å². The predicted octanol–water partition coefficient (Wildman–Crippen LogP) is 4.21. The number of nitrogens with zero attached hydrogens (tertiary/aromatic N) is 1. The highest BCUT2D eigenvalue weighted by Crippen LogP contribution is 2.37. The van der Waals surface area contributed by atoms with Crippen molar-refractivity contribution in [3.8, 4) is 5.75 Å². The van der Waals surface area contributed by atoms with Gasteiger partial charge in [-0.15, -0.1) is 0 Å². The van der Waals surface area contributed by atoms with Crippen LogP contribution in [0.1, 0.15) is 41.5 Å². The standard InChI is InChI=1S/C24H27NO3/c1-27-24(26)16-18-10-11-23-22(15-18)21(9-6-14-25-12-4-5-13-25)20-8-3-2-7-19(20)17-28-23/h2-3,7-11,15H,4-6,12-14,16-17H2,1H3/b21-9-. The molecule has 1 fully saturated rings. The van der Waals surface area contributed by atoms with Crippen LogP contribution < -0.4 is 4.74 Å². The van der Waals surface area contributed by atoms with E-state index in [0.717, 1.165) is 29.8 Å². The van der Waals surface area contributed by atoms with E-state index in [1.807, 2.05) is 12.1 Å². The molecule has 0 aromatic heterocycles. The fraction of sp³-hybridized carbons (Fsp3) is 0.375. The summed E-state index contributed by atoms with van der Waals surface area (Å²) in [5.41, 5.74) is 5.62. The van der Waals surface area contributed by atoms with Gasteiger partial charge >= 0.3 is 5.97 Å². The third kappa shape index (κ3) is 4.12. The van der Waals surface area contributed by atoms with Gasteiger partial charge in [0.1, 0.15) is 12.4 Å². The van der Waals surface area contributed by atoms with Crippen LogP contribution >= 0.6 is 0 Å². The van der Waals surface area contributed by atoms with Crippen molar-refractivity contribution in [2.24, 2.45) is 0 Å². The summed E-state index contributed by atoms with van der Waals surface area (Å²) >= 11 is 0. The van der Waals surface area contributed by atoms with Crippen molar-refractivity contribution in [3.63, 3.8) is 0 Å². The number of esters is 1. The highest BCUT2D eigenvalue weighted by molar-refractivity contribution is 5.85. The van der Waals surface area contributed by atoms with Crippen molar-refractivity contribution in [2.75, 3.05) is 26.7 Å². The van der Waals surface area contributed by atoms with Gasteiger partial charge in [0, 0.05) is 12.1 Å². The molecule has 0 spiro atoms. The van der Waals surface area contributed by atoms with E-state index in [9.17, 15) is 4.79 Å². The van der Waals surface area contributed by atoms with Crippen molar-refractivity contribution in [3.05, 3.63) is 70.8 Å². The maximum absolute atomic E-state index is 11.7. The van der Waals surface area contributed by atoms with Gasteiger partial charge in [-0.1, -0.05) is 36.4 Å². The molecule has 2 aliphatic heterocycles. The van der Waals surface area contributed by atoms with E-state index >= 15 is 0 Å². The zero-order valence-corrected chi connectivity index (χ0v) is 16.4. The number of rotatable bonds is 5. The smallest absolute Gasteiger partial charge is 0.309 e. The van der Waals surface area contributed by atoms with Crippen LogP contribution in [-0.4, -0.2) is 37.6 Å². The summed E-state index contributed by atoms with van der Waals surface area (Å²) in [4.78, 5) is 14.3. The van der Waals surface area contributed by atoms with Gasteiger partial charge in [0.25, 0.3) is 0 Å². The van der Waals surface area contributed by atoms with Crippen LogP contribution in [0.2, 0.25) is 0 Å². The first-order valence-corrected chi connectivity index (χ1v) is 10.1. The van der Waals surface area contributed by atoms with E-state index in [4.69, 9.17) is 9.47 Å². The fourth-order valence-corrected chi connectivity index (χ4v) is 4.09. The molecule has 28 heavy (non-hydrogen) atoms. The van der Waals surface area contributed by atoms with Crippen LogP contribution in [0.5, 0.6) is 5.75 Å². The van der Waals surface area contributed by atoms with Gasteiger partial charge in [0.05, 0.1) is 13.5 Å². The van der Waals surface area contributed by atoms with Crippen LogP contribution in [0.25, 0.3) is 5.57 Å². The molecule has 0 radical (unpaired) electrons. The molecule has 0 N–H and O–H groups in total. The molecule has 4 rings (SSSR count). The number of carbonyl (C=O) groups excluding carboxylic acids is 1. The largest absolute Gasteiger partial charge is 0.488 e. The van der Waals surface area contributed by atoms with Crippen molar-refractivity contribution in [1.29, 1.82) is 0 Å². The minimum atomic E-state index is -0.227. The lowest BCUT2D eigenvalue weighted by Gasteiger charge is -2.15. The SMILES string of the molecule is COC(=O)Cc1ccc2c(c1)/C(=C\CCN1CCCC1)c1ccccc1CO2. The molecule has 2 aromatic carbocycles. The zero-order chi connectivity index (χ0) is 19.3. The number of fused-ring (bicyclic) bond motifs is 2. The normalized spacial score (nSPS) is 17.5. The van der Waals surface area contributed by atoms with E-state index in [0.29, 0.717) is 6.61 Å². The van der Waals surface area contributed by atoms with Crippen LogP contribution in [0, 0.1) is 0 Å². The fourth-order valence-electron chi connectivity index (χ4n) is 4.09. The highest BCUT2D eigenvalue weighted by Gasteiger charge is 2.20. The number of hydrogen-bond acceptors (Lipinski definition) is 4. The van der Waals surface area contributed by atoms with Crippen LogP contribution in [0.15, 0.2) is 48.5 Å². The number of ether oxygens (including phenoxy) is 2. The van der Waals surface area contributed by atoms with E-state index in [1.165, 1.54) is 49.7 Å². The molecular weight excluding hydrogens is 350 g/mol. The molecule has 0 aliphatic carbocycles. The molecule has 4 heteroatoms. The zero-order valence-electron chi connectivity index (χ0n) is 16.4. The first kappa shape index (κ1) is 18.8. The van der Waals surface area contributed by atoms with E-state index < -0.39 is 0 Å². The average molecular weight is 377 g/mol. The lowest BCUT2D eigenvalue weighted by molar-refractivity contribution is -0.139. The molecule has 0 atom stereocenters. The second-order valence-corrected chi connectivity index (χ2v) is 7.48. The molecule has 0 saturated carbocycles. The van der Waals surface area contributed by atoms with Gasteiger partial charge in [-0.3, -0.25) is 4.79 Å². The van der Waals surface area contributed by atoms with Crippen molar-refractivity contribution < 1.29 is 14.3 Å². The van der Waals surface area contributed by atoms with Crippen molar-refractivity contribution in [2.45, 2.75) is 32.3 Å². The molecule has 4 nitrogen and oxygen atoms in total. The predicted molar refractivity (Wildman–Crippen MR) is 110 cm³/mol. The highest BCUT2D eigenvalue weighted by atomic mass is 16.5. The Hall–Kier alpha value is -2.59. The van der Waals surface area contributed by atoms with E-state index in [-0.39, 0.29) is 12.4 Å². The van der Waals surface area contributed by atoms with Crippen LogP contribution in [0.3, 0.4) is 0 Å². The Morgan fingerprint density at radius 3 is 2.79 bits per heavy atom. The summed E-state index contributed by atoms with van der Waals surface area (Å²) in [6.07, 6.45) is 6.24. The van der Waals surface area contributed by atoms with E-state index in [2.05, 4.69) is 41.3 Å². The summed E-state index contributed by atoms with van der Waals surface area (Å²) in [5, 5.41) is 0. The Balaban J connectivity index is 1.69. The number of hydrogen-bond donors (Lipinski definition) is 0. The molecule has 2 heterocycles. The summed E-state index contributed by atoms with van der Waals surface area (Å²) in [6.45, 7) is 4.07.